The zero-order chi connectivity index (χ0) is 13.5. The molecule has 5 nitrogen and oxygen atoms in total. The molecule has 0 saturated carbocycles. The number of benzene rings is 1. The average Bonchev–Trinajstić information content (AvgIpc) is 2.29. The molecule has 4 N–H and O–H groups in total. The summed E-state index contributed by atoms with van der Waals surface area (Å²) < 4.78 is 0. The highest BCUT2D eigenvalue weighted by molar-refractivity contribution is 6.00. The number of nitrogen functional groups attached to an aromatic ring is 1. The Labute approximate surface area is 107 Å². The lowest BCUT2D eigenvalue weighted by atomic mass is 10.1. The molecule has 2 amide bonds. The Morgan fingerprint density at radius 1 is 1.28 bits per heavy atom. The minimum absolute atomic E-state index is 0.0736. The Morgan fingerprint density at radius 3 is 2.61 bits per heavy atom. The van der Waals surface area contributed by atoms with Crippen molar-refractivity contribution in [3.63, 3.8) is 0 Å². The van der Waals surface area contributed by atoms with Crippen LogP contribution in [-0.2, 0) is 4.79 Å². The summed E-state index contributed by atoms with van der Waals surface area (Å²) in [7, 11) is 0. The van der Waals surface area contributed by atoms with Crippen LogP contribution in [0, 0.1) is 6.92 Å². The molecule has 0 fully saturated rings. The highest BCUT2D eigenvalue weighted by Crippen LogP contribution is 2.15. The molecule has 1 aromatic carbocycles. The molecule has 0 aromatic heterocycles. The van der Waals surface area contributed by atoms with Gasteiger partial charge in [-0.15, -0.1) is 0 Å². The van der Waals surface area contributed by atoms with Gasteiger partial charge in [-0.3, -0.25) is 9.59 Å². The van der Waals surface area contributed by atoms with Gasteiger partial charge in [0.15, 0.2) is 0 Å². The van der Waals surface area contributed by atoms with Crippen molar-refractivity contribution in [2.75, 3.05) is 18.8 Å². The highest BCUT2D eigenvalue weighted by atomic mass is 16.2. The standard InChI is InChI=1S/C13H19N3O2/c1-3-15-11(17)7-8-16-13(18)12-9(2)5-4-6-10(12)14/h4-6H,3,7-8,14H2,1-2H3,(H,15,17)(H,16,18). The van der Waals surface area contributed by atoms with Gasteiger partial charge >= 0.3 is 0 Å². The van der Waals surface area contributed by atoms with E-state index in [1.165, 1.54) is 0 Å². The number of nitrogens with one attached hydrogen (secondary N) is 2. The number of hydrogen-bond donors (Lipinski definition) is 3. The molecule has 5 heteroatoms. The quantitative estimate of drug-likeness (QED) is 0.676. The van der Waals surface area contributed by atoms with Crippen LogP contribution in [0.3, 0.4) is 0 Å². The number of rotatable bonds is 5. The summed E-state index contributed by atoms with van der Waals surface area (Å²) in [5, 5.41) is 5.36. The van der Waals surface area contributed by atoms with Gasteiger partial charge in [-0.25, -0.2) is 0 Å². The Hall–Kier alpha value is -2.04. The van der Waals surface area contributed by atoms with Gasteiger partial charge in [0.05, 0.1) is 5.56 Å². The van der Waals surface area contributed by atoms with Crippen molar-refractivity contribution in [2.24, 2.45) is 0 Å². The van der Waals surface area contributed by atoms with Crippen LogP contribution in [-0.4, -0.2) is 24.9 Å². The molecule has 0 spiro atoms. The third-order valence-electron chi connectivity index (χ3n) is 2.54. The van der Waals surface area contributed by atoms with Crippen LogP contribution in [0.25, 0.3) is 0 Å². The molecule has 0 aliphatic rings. The lowest BCUT2D eigenvalue weighted by Crippen LogP contribution is -2.31. The molecule has 0 unspecified atom stereocenters. The SMILES string of the molecule is CCNC(=O)CCNC(=O)c1c(C)cccc1N. The summed E-state index contributed by atoms with van der Waals surface area (Å²) >= 11 is 0. The van der Waals surface area contributed by atoms with E-state index in [0.29, 0.717) is 24.3 Å². The van der Waals surface area contributed by atoms with Crippen molar-refractivity contribution < 1.29 is 9.59 Å². The first kappa shape index (κ1) is 14.0. The first-order valence-electron chi connectivity index (χ1n) is 5.96. The molecule has 18 heavy (non-hydrogen) atoms. The second-order valence-electron chi connectivity index (χ2n) is 4.00. The molecule has 0 bridgehead atoms. The molecule has 98 valence electrons. The van der Waals surface area contributed by atoms with E-state index in [9.17, 15) is 9.59 Å². The lowest BCUT2D eigenvalue weighted by molar-refractivity contribution is -0.120. The summed E-state index contributed by atoms with van der Waals surface area (Å²) in [5.74, 6) is -0.314. The monoisotopic (exact) mass is 249 g/mol. The minimum atomic E-state index is -0.241. The molecular weight excluding hydrogens is 230 g/mol. The number of anilines is 1. The highest BCUT2D eigenvalue weighted by Gasteiger charge is 2.12. The summed E-state index contributed by atoms with van der Waals surface area (Å²) in [6, 6.07) is 5.32. The molecule has 0 aliphatic heterocycles. The number of carbonyl (C=O) groups excluding carboxylic acids is 2. The molecule has 0 heterocycles. The maximum atomic E-state index is 11.9. The van der Waals surface area contributed by atoms with Gasteiger partial charge in [0.25, 0.3) is 5.91 Å². The predicted molar refractivity (Wildman–Crippen MR) is 71.2 cm³/mol. The van der Waals surface area contributed by atoms with E-state index >= 15 is 0 Å². The smallest absolute Gasteiger partial charge is 0.253 e. The van der Waals surface area contributed by atoms with Crippen molar-refractivity contribution in [3.8, 4) is 0 Å². The third-order valence-corrected chi connectivity index (χ3v) is 2.54. The van der Waals surface area contributed by atoms with Gasteiger partial charge in [-0.1, -0.05) is 12.1 Å². The number of amides is 2. The maximum Gasteiger partial charge on any atom is 0.253 e. The van der Waals surface area contributed by atoms with Gasteiger partial charge in [0.2, 0.25) is 5.91 Å². The van der Waals surface area contributed by atoms with Crippen LogP contribution >= 0.6 is 0 Å². The predicted octanol–water partition coefficient (Wildman–Crippen LogP) is 0.833. The fourth-order valence-electron chi connectivity index (χ4n) is 1.66. The van der Waals surface area contributed by atoms with Crippen LogP contribution in [0.2, 0.25) is 0 Å². The van der Waals surface area contributed by atoms with Gasteiger partial charge in [-0.2, -0.15) is 0 Å². The van der Waals surface area contributed by atoms with E-state index < -0.39 is 0 Å². The van der Waals surface area contributed by atoms with E-state index in [4.69, 9.17) is 5.73 Å². The van der Waals surface area contributed by atoms with E-state index in [-0.39, 0.29) is 18.2 Å². The molecule has 0 aliphatic carbocycles. The summed E-state index contributed by atoms with van der Waals surface area (Å²) in [6.45, 7) is 4.58. The van der Waals surface area contributed by atoms with Crippen molar-refractivity contribution in [2.45, 2.75) is 20.3 Å². The minimum Gasteiger partial charge on any atom is -0.398 e. The Kier molecular flexibility index (Phi) is 5.17. The molecule has 0 saturated heterocycles. The van der Waals surface area contributed by atoms with E-state index in [1.807, 2.05) is 19.9 Å². The molecule has 1 aromatic rings. The van der Waals surface area contributed by atoms with Gasteiger partial charge in [-0.05, 0) is 25.5 Å². The fourth-order valence-corrected chi connectivity index (χ4v) is 1.66. The van der Waals surface area contributed by atoms with E-state index in [2.05, 4.69) is 10.6 Å². The van der Waals surface area contributed by atoms with Gasteiger partial charge < -0.3 is 16.4 Å². The van der Waals surface area contributed by atoms with E-state index in [1.54, 1.807) is 12.1 Å². The van der Waals surface area contributed by atoms with Crippen LogP contribution in [0.4, 0.5) is 5.69 Å². The number of aryl methyl sites for hydroxylation is 1. The van der Waals surface area contributed by atoms with Crippen LogP contribution in [0.5, 0.6) is 0 Å². The lowest BCUT2D eigenvalue weighted by Gasteiger charge is -2.09. The van der Waals surface area contributed by atoms with Crippen molar-refractivity contribution in [1.82, 2.24) is 10.6 Å². The third kappa shape index (κ3) is 3.76. The summed E-state index contributed by atoms with van der Waals surface area (Å²) in [5.41, 5.74) is 7.52. The number of nitrogens with two attached hydrogens (primary N) is 1. The zero-order valence-electron chi connectivity index (χ0n) is 10.7. The fraction of sp³-hybridized carbons (Fsp3) is 0.385. The molecule has 1 rings (SSSR count). The largest absolute Gasteiger partial charge is 0.398 e. The second-order valence-corrected chi connectivity index (χ2v) is 4.00. The topological polar surface area (TPSA) is 84.2 Å². The Morgan fingerprint density at radius 2 is 2.00 bits per heavy atom. The summed E-state index contributed by atoms with van der Waals surface area (Å²) in [6.07, 6.45) is 0.269. The van der Waals surface area contributed by atoms with Gasteiger partial charge in [0, 0.05) is 25.2 Å². The Balaban J connectivity index is 2.53. The van der Waals surface area contributed by atoms with Crippen LogP contribution in [0.1, 0.15) is 29.3 Å². The summed E-state index contributed by atoms with van der Waals surface area (Å²) in [4.78, 5) is 23.1. The Bertz CT molecular complexity index is 424. The first-order chi connectivity index (χ1) is 8.56. The number of hydrogen-bond acceptors (Lipinski definition) is 3. The van der Waals surface area contributed by atoms with Gasteiger partial charge in [0.1, 0.15) is 0 Å². The maximum absolute atomic E-state index is 11.9. The van der Waals surface area contributed by atoms with E-state index in [0.717, 1.165) is 5.56 Å². The first-order valence-corrected chi connectivity index (χ1v) is 5.96. The molecule has 0 atom stereocenters. The average molecular weight is 249 g/mol. The van der Waals surface area contributed by atoms with Crippen molar-refractivity contribution in [1.29, 1.82) is 0 Å². The zero-order valence-corrected chi connectivity index (χ0v) is 10.7. The van der Waals surface area contributed by atoms with Crippen LogP contribution < -0.4 is 16.4 Å². The number of carbonyl (C=O) groups is 2. The van der Waals surface area contributed by atoms with Crippen LogP contribution in [0.15, 0.2) is 18.2 Å². The normalized spacial score (nSPS) is 9.89. The second kappa shape index (κ2) is 6.64. The molecule has 0 radical (unpaired) electrons. The van der Waals surface area contributed by atoms with Crippen molar-refractivity contribution >= 4 is 17.5 Å². The molecular formula is C13H19N3O2. The van der Waals surface area contributed by atoms with Crippen molar-refractivity contribution in [3.05, 3.63) is 29.3 Å².